The van der Waals surface area contributed by atoms with E-state index in [0.29, 0.717) is 48.1 Å². The maximum absolute atomic E-state index is 13.3. The van der Waals surface area contributed by atoms with Crippen LogP contribution in [0.25, 0.3) is 0 Å². The Bertz CT molecular complexity index is 1340. The minimum atomic E-state index is -3.69. The predicted molar refractivity (Wildman–Crippen MR) is 142 cm³/mol. The van der Waals surface area contributed by atoms with Gasteiger partial charge < -0.3 is 14.5 Å². The van der Waals surface area contributed by atoms with Crippen molar-refractivity contribution < 1.29 is 17.9 Å². The molecule has 0 radical (unpaired) electrons. The van der Waals surface area contributed by atoms with Crippen LogP contribution in [0.15, 0.2) is 71.6 Å². The third kappa shape index (κ3) is 5.51. The summed E-state index contributed by atoms with van der Waals surface area (Å²) >= 11 is 6.19. The number of ether oxygens (including phenoxy) is 1. The summed E-state index contributed by atoms with van der Waals surface area (Å²) in [6.07, 6.45) is 0. The molecule has 4 rings (SSSR count). The molecule has 0 aliphatic carbocycles. The molecular formula is C27H30ClN3O4S. The number of amides is 1. The molecule has 1 aliphatic rings. The number of aryl methyl sites for hydroxylation is 1. The van der Waals surface area contributed by atoms with Crippen LogP contribution in [0, 0.1) is 6.92 Å². The maximum atomic E-state index is 13.3. The molecule has 0 bridgehead atoms. The van der Waals surface area contributed by atoms with Crippen LogP contribution in [0.2, 0.25) is 5.02 Å². The van der Waals surface area contributed by atoms with E-state index < -0.39 is 10.0 Å². The number of hydrogen-bond donors (Lipinski definition) is 0. The number of halogens is 1. The fourth-order valence-corrected chi connectivity index (χ4v) is 5.73. The molecular weight excluding hydrogens is 498 g/mol. The van der Waals surface area contributed by atoms with E-state index in [2.05, 4.69) is 11.8 Å². The lowest BCUT2D eigenvalue weighted by Gasteiger charge is -2.37. The summed E-state index contributed by atoms with van der Waals surface area (Å²) in [5.41, 5.74) is 3.36. The summed E-state index contributed by atoms with van der Waals surface area (Å²) in [6.45, 7) is 4.69. The normalized spacial score (nSPS) is 14.2. The molecule has 0 unspecified atom stereocenters. The summed E-state index contributed by atoms with van der Waals surface area (Å²) in [5.74, 6) is 0.442. The number of rotatable bonds is 7. The van der Waals surface area contributed by atoms with Crippen molar-refractivity contribution in [3.63, 3.8) is 0 Å². The Balaban J connectivity index is 1.48. The van der Waals surface area contributed by atoms with Crippen LogP contribution in [0.4, 0.5) is 5.69 Å². The van der Waals surface area contributed by atoms with Crippen LogP contribution in [0.1, 0.15) is 21.5 Å². The van der Waals surface area contributed by atoms with Crippen LogP contribution in [-0.2, 0) is 16.6 Å². The van der Waals surface area contributed by atoms with Gasteiger partial charge in [-0.25, -0.2) is 8.42 Å². The Labute approximate surface area is 217 Å². The van der Waals surface area contributed by atoms with Crippen LogP contribution in [0.5, 0.6) is 5.75 Å². The molecule has 0 spiro atoms. The number of benzene rings is 3. The highest BCUT2D eigenvalue weighted by atomic mass is 35.5. The van der Waals surface area contributed by atoms with Crippen LogP contribution in [0.3, 0.4) is 0 Å². The van der Waals surface area contributed by atoms with Gasteiger partial charge >= 0.3 is 0 Å². The Kier molecular flexibility index (Phi) is 7.88. The molecule has 0 N–H and O–H groups in total. The molecule has 0 saturated carbocycles. The summed E-state index contributed by atoms with van der Waals surface area (Å²) in [4.78, 5) is 17.6. The quantitative estimate of drug-likeness (QED) is 0.454. The fraction of sp³-hybridized carbons (Fsp3) is 0.296. The lowest BCUT2D eigenvalue weighted by atomic mass is 10.1. The first-order chi connectivity index (χ1) is 17.2. The van der Waals surface area contributed by atoms with E-state index in [-0.39, 0.29) is 17.3 Å². The molecule has 0 atom stereocenters. The van der Waals surface area contributed by atoms with Gasteiger partial charge in [0.25, 0.3) is 5.91 Å². The Morgan fingerprint density at radius 1 is 1.00 bits per heavy atom. The molecule has 1 amide bonds. The number of methoxy groups -OCH3 is 1. The van der Waals surface area contributed by atoms with E-state index in [0.717, 1.165) is 11.3 Å². The van der Waals surface area contributed by atoms with Crippen LogP contribution in [-0.4, -0.2) is 63.9 Å². The second-order valence-corrected chi connectivity index (χ2v) is 11.3. The average molecular weight is 528 g/mol. The lowest BCUT2D eigenvalue weighted by Crippen LogP contribution is -2.49. The number of carbonyl (C=O) groups is 1. The van der Waals surface area contributed by atoms with Gasteiger partial charge in [-0.3, -0.25) is 4.79 Å². The zero-order chi connectivity index (χ0) is 25.9. The van der Waals surface area contributed by atoms with Crippen LogP contribution < -0.4 is 9.64 Å². The molecule has 0 aromatic heterocycles. The first-order valence-corrected chi connectivity index (χ1v) is 13.5. The zero-order valence-electron chi connectivity index (χ0n) is 20.6. The second kappa shape index (κ2) is 10.9. The van der Waals surface area contributed by atoms with Crippen molar-refractivity contribution in [3.8, 4) is 5.75 Å². The summed E-state index contributed by atoms with van der Waals surface area (Å²) in [6, 6.07) is 19.3. The number of sulfonamides is 1. The van der Waals surface area contributed by atoms with E-state index >= 15 is 0 Å². The SMILES string of the molecule is COc1ccc(C(=O)N2CCN(c3cc(Cl)ccc3C)CC2)cc1CN(C)S(=O)(=O)c1ccccc1. The first kappa shape index (κ1) is 26.0. The lowest BCUT2D eigenvalue weighted by molar-refractivity contribution is 0.0746. The minimum Gasteiger partial charge on any atom is -0.496 e. The van der Waals surface area contributed by atoms with E-state index in [1.54, 1.807) is 48.5 Å². The zero-order valence-corrected chi connectivity index (χ0v) is 22.2. The van der Waals surface area contributed by atoms with Gasteiger partial charge in [-0.2, -0.15) is 4.31 Å². The molecule has 1 heterocycles. The smallest absolute Gasteiger partial charge is 0.253 e. The average Bonchev–Trinajstić information content (AvgIpc) is 2.90. The molecule has 7 nitrogen and oxygen atoms in total. The van der Waals surface area contributed by atoms with E-state index in [9.17, 15) is 13.2 Å². The van der Waals surface area contributed by atoms with Crippen molar-refractivity contribution in [2.45, 2.75) is 18.4 Å². The van der Waals surface area contributed by atoms with Crippen molar-refractivity contribution in [1.82, 2.24) is 9.21 Å². The molecule has 1 aliphatic heterocycles. The monoisotopic (exact) mass is 527 g/mol. The van der Waals surface area contributed by atoms with E-state index in [1.807, 2.05) is 23.1 Å². The van der Waals surface area contributed by atoms with Crippen molar-refractivity contribution in [2.24, 2.45) is 0 Å². The molecule has 9 heteroatoms. The van der Waals surface area contributed by atoms with Crippen molar-refractivity contribution in [3.05, 3.63) is 88.4 Å². The van der Waals surface area contributed by atoms with Gasteiger partial charge in [0.05, 0.1) is 12.0 Å². The van der Waals surface area contributed by atoms with Crippen molar-refractivity contribution in [1.29, 1.82) is 0 Å². The summed E-state index contributed by atoms with van der Waals surface area (Å²) in [5, 5.41) is 0.694. The van der Waals surface area contributed by atoms with Crippen LogP contribution >= 0.6 is 11.6 Å². The van der Waals surface area contributed by atoms with Gasteiger partial charge in [0.15, 0.2) is 0 Å². The minimum absolute atomic E-state index is 0.0728. The molecule has 1 saturated heterocycles. The highest BCUT2D eigenvalue weighted by molar-refractivity contribution is 7.89. The fourth-order valence-electron chi connectivity index (χ4n) is 4.39. The first-order valence-electron chi connectivity index (χ1n) is 11.7. The summed E-state index contributed by atoms with van der Waals surface area (Å²) in [7, 11) is -0.635. The molecule has 1 fully saturated rings. The number of hydrogen-bond acceptors (Lipinski definition) is 5. The highest BCUT2D eigenvalue weighted by Crippen LogP contribution is 2.27. The third-order valence-corrected chi connectivity index (χ3v) is 8.50. The highest BCUT2D eigenvalue weighted by Gasteiger charge is 2.26. The molecule has 190 valence electrons. The number of carbonyl (C=O) groups excluding carboxylic acids is 1. The Morgan fingerprint density at radius 2 is 1.69 bits per heavy atom. The second-order valence-electron chi connectivity index (χ2n) is 8.81. The molecule has 3 aromatic carbocycles. The molecule has 36 heavy (non-hydrogen) atoms. The maximum Gasteiger partial charge on any atom is 0.253 e. The van der Waals surface area contributed by atoms with E-state index in [4.69, 9.17) is 16.3 Å². The summed E-state index contributed by atoms with van der Waals surface area (Å²) < 4.78 is 32.7. The van der Waals surface area contributed by atoms with E-state index in [1.165, 1.54) is 18.5 Å². The van der Waals surface area contributed by atoms with Gasteiger partial charge in [-0.1, -0.05) is 35.9 Å². The Hall–Kier alpha value is -3.07. The van der Waals surface area contributed by atoms with Crippen molar-refractivity contribution >= 4 is 33.2 Å². The topological polar surface area (TPSA) is 70.2 Å². The van der Waals surface area contributed by atoms with Crippen molar-refractivity contribution in [2.75, 3.05) is 45.2 Å². The van der Waals surface area contributed by atoms with Gasteiger partial charge in [0, 0.05) is 61.6 Å². The third-order valence-electron chi connectivity index (χ3n) is 6.45. The van der Waals surface area contributed by atoms with Gasteiger partial charge in [-0.05, 0) is 55.0 Å². The predicted octanol–water partition coefficient (Wildman–Crippen LogP) is 4.44. The Morgan fingerprint density at radius 3 is 2.36 bits per heavy atom. The van der Waals surface area contributed by atoms with Gasteiger partial charge in [-0.15, -0.1) is 0 Å². The molecule has 3 aromatic rings. The number of nitrogens with zero attached hydrogens (tertiary/aromatic N) is 3. The van der Waals surface area contributed by atoms with Gasteiger partial charge in [0.2, 0.25) is 10.0 Å². The standard InChI is InChI=1S/C27H30ClN3O4S/c1-20-9-11-23(28)18-25(20)30-13-15-31(16-14-30)27(32)21-10-12-26(35-3)22(17-21)19-29(2)36(33,34)24-7-5-4-6-8-24/h4-12,17-18H,13-16,19H2,1-3H3. The van der Waals surface area contributed by atoms with Gasteiger partial charge in [0.1, 0.15) is 5.75 Å². The number of piperazine rings is 1. The number of anilines is 1. The largest absolute Gasteiger partial charge is 0.496 e.